The smallest absolute Gasteiger partial charge is 0.112 e. The van der Waals surface area contributed by atoms with Gasteiger partial charge in [0.15, 0.2) is 0 Å². The largest absolute Gasteiger partial charge is 1.00 e. The van der Waals surface area contributed by atoms with Crippen LogP contribution in [0.4, 0.5) is 0 Å². The summed E-state index contributed by atoms with van der Waals surface area (Å²) in [6, 6.07) is 33.6. The lowest BCUT2D eigenvalue weighted by Crippen LogP contribution is -3.00. The van der Waals surface area contributed by atoms with Gasteiger partial charge in [0.1, 0.15) is 23.2 Å². The van der Waals surface area contributed by atoms with Crippen molar-refractivity contribution in [2.24, 2.45) is 0 Å². The summed E-state index contributed by atoms with van der Waals surface area (Å²) >= 11 is 0. The van der Waals surface area contributed by atoms with E-state index in [0.717, 1.165) is 0 Å². The van der Waals surface area contributed by atoms with Gasteiger partial charge in [0.05, 0.1) is 6.16 Å². The fraction of sp³-hybridized carbons (Fsp3) is 0.250. The molecule has 0 unspecified atom stereocenters. The number of benzene rings is 3. The van der Waals surface area contributed by atoms with E-state index < -0.39 is 7.26 Å². The predicted molar refractivity (Wildman–Crippen MR) is 114 cm³/mol. The number of unbranched alkanes of at least 4 members (excludes halogenated alkanes) is 3. The van der Waals surface area contributed by atoms with Gasteiger partial charge in [-0.3, -0.25) is 0 Å². The Labute approximate surface area is 169 Å². The maximum absolute atomic E-state index is 2.34. The molecular formula is C24H28BrP. The number of rotatable bonds is 8. The highest BCUT2D eigenvalue weighted by Gasteiger charge is 2.44. The van der Waals surface area contributed by atoms with Gasteiger partial charge >= 0.3 is 0 Å². The van der Waals surface area contributed by atoms with Crippen LogP contribution in [0.25, 0.3) is 0 Å². The van der Waals surface area contributed by atoms with Crippen LogP contribution in [0.15, 0.2) is 91.0 Å². The van der Waals surface area contributed by atoms with Crippen LogP contribution in [0.5, 0.6) is 0 Å². The van der Waals surface area contributed by atoms with Gasteiger partial charge in [-0.2, -0.15) is 0 Å². The quantitative estimate of drug-likeness (QED) is 0.383. The van der Waals surface area contributed by atoms with Crippen LogP contribution in [-0.2, 0) is 0 Å². The van der Waals surface area contributed by atoms with Crippen molar-refractivity contribution in [3.05, 3.63) is 91.0 Å². The van der Waals surface area contributed by atoms with Gasteiger partial charge in [-0.1, -0.05) is 74.4 Å². The van der Waals surface area contributed by atoms with Crippen molar-refractivity contribution < 1.29 is 17.0 Å². The molecule has 0 saturated carbocycles. The molecule has 0 spiro atoms. The molecule has 0 nitrogen and oxygen atoms in total. The first-order chi connectivity index (χ1) is 12.4. The molecule has 0 N–H and O–H groups in total. The fourth-order valence-corrected chi connectivity index (χ4v) is 8.07. The maximum atomic E-state index is 2.34. The van der Waals surface area contributed by atoms with Crippen LogP contribution in [0.1, 0.15) is 32.6 Å². The first-order valence-corrected chi connectivity index (χ1v) is 11.4. The lowest BCUT2D eigenvalue weighted by molar-refractivity contribution is -0.00000499. The zero-order valence-corrected chi connectivity index (χ0v) is 18.0. The summed E-state index contributed by atoms with van der Waals surface area (Å²) < 4.78 is 0. The normalized spacial score (nSPS) is 11.0. The summed E-state index contributed by atoms with van der Waals surface area (Å²) in [6.45, 7) is 2.29. The van der Waals surface area contributed by atoms with Crippen molar-refractivity contribution in [2.45, 2.75) is 32.6 Å². The van der Waals surface area contributed by atoms with Gasteiger partial charge in [0.2, 0.25) is 0 Å². The van der Waals surface area contributed by atoms with Crippen LogP contribution in [0.2, 0.25) is 0 Å². The van der Waals surface area contributed by atoms with Crippen molar-refractivity contribution in [2.75, 3.05) is 6.16 Å². The summed E-state index contributed by atoms with van der Waals surface area (Å²) in [7, 11) is -1.59. The van der Waals surface area contributed by atoms with Crippen LogP contribution >= 0.6 is 7.26 Å². The average Bonchev–Trinajstić information content (AvgIpc) is 2.70. The lowest BCUT2D eigenvalue weighted by Gasteiger charge is -2.27. The van der Waals surface area contributed by atoms with E-state index in [-0.39, 0.29) is 17.0 Å². The van der Waals surface area contributed by atoms with Gasteiger partial charge in [-0.15, -0.1) is 0 Å². The third kappa shape index (κ3) is 4.64. The van der Waals surface area contributed by atoms with Crippen molar-refractivity contribution in [3.8, 4) is 0 Å². The van der Waals surface area contributed by atoms with Crippen LogP contribution in [-0.4, -0.2) is 6.16 Å². The van der Waals surface area contributed by atoms with Crippen LogP contribution in [0, 0.1) is 0 Å². The van der Waals surface area contributed by atoms with Gasteiger partial charge in [-0.25, -0.2) is 0 Å². The van der Waals surface area contributed by atoms with E-state index in [9.17, 15) is 0 Å². The molecule has 2 heteroatoms. The standard InChI is InChI=1S/C24H28P.BrH/c1-2-3-4-14-21-25(22-15-8-5-9-16-22,23-17-10-6-11-18-23)24-19-12-7-13-20-24;/h5-13,15-20H,2-4,14,21H2,1H3;1H/q+1;/p-1. The molecule has 0 aliphatic rings. The molecule has 3 aromatic carbocycles. The van der Waals surface area contributed by atoms with E-state index in [0.29, 0.717) is 0 Å². The van der Waals surface area contributed by atoms with E-state index in [1.807, 2.05) is 0 Å². The fourth-order valence-electron chi connectivity index (χ4n) is 3.66. The zero-order chi connectivity index (χ0) is 17.4. The minimum Gasteiger partial charge on any atom is -1.00 e. The Hall–Kier alpha value is -1.43. The molecule has 0 fully saturated rings. The second-order valence-electron chi connectivity index (χ2n) is 6.60. The molecule has 0 aliphatic heterocycles. The highest BCUT2D eigenvalue weighted by atomic mass is 79.9. The molecule has 26 heavy (non-hydrogen) atoms. The van der Waals surface area contributed by atoms with E-state index in [1.54, 1.807) is 0 Å². The van der Waals surface area contributed by atoms with Gasteiger partial charge in [0, 0.05) is 0 Å². The van der Waals surface area contributed by atoms with Gasteiger partial charge < -0.3 is 17.0 Å². The lowest BCUT2D eigenvalue weighted by atomic mass is 10.2. The maximum Gasteiger partial charge on any atom is 0.112 e. The third-order valence-corrected chi connectivity index (χ3v) is 9.46. The molecule has 0 aliphatic carbocycles. The second-order valence-corrected chi connectivity index (χ2v) is 10.2. The highest BCUT2D eigenvalue weighted by Crippen LogP contribution is 2.55. The number of hydrogen-bond donors (Lipinski definition) is 0. The molecule has 0 aromatic heterocycles. The van der Waals surface area contributed by atoms with E-state index in [4.69, 9.17) is 0 Å². The predicted octanol–water partition coefficient (Wildman–Crippen LogP) is 2.56. The number of halogens is 1. The SMILES string of the molecule is CCCCCC[P+](c1ccccc1)(c1ccccc1)c1ccccc1.[Br-]. The summed E-state index contributed by atoms with van der Waals surface area (Å²) in [5.41, 5.74) is 0. The molecule has 0 bridgehead atoms. The molecule has 0 amide bonds. The minimum atomic E-state index is -1.59. The van der Waals surface area contributed by atoms with E-state index in [2.05, 4.69) is 97.9 Å². The Bertz CT molecular complexity index is 644. The first-order valence-electron chi connectivity index (χ1n) is 9.43. The van der Waals surface area contributed by atoms with Gasteiger partial charge in [-0.05, 0) is 49.2 Å². The zero-order valence-electron chi connectivity index (χ0n) is 15.5. The molecular weight excluding hydrogens is 399 g/mol. The molecule has 136 valence electrons. The van der Waals surface area contributed by atoms with Crippen molar-refractivity contribution in [1.82, 2.24) is 0 Å². The summed E-state index contributed by atoms with van der Waals surface area (Å²) in [4.78, 5) is 0. The highest BCUT2D eigenvalue weighted by molar-refractivity contribution is 7.95. The van der Waals surface area contributed by atoms with Crippen molar-refractivity contribution >= 4 is 23.2 Å². The average molecular weight is 427 g/mol. The van der Waals surface area contributed by atoms with Crippen LogP contribution < -0.4 is 32.9 Å². The van der Waals surface area contributed by atoms with Crippen molar-refractivity contribution in [1.29, 1.82) is 0 Å². The second kappa shape index (κ2) is 10.7. The Balaban J connectivity index is 0.00000243. The molecule has 0 atom stereocenters. The van der Waals surface area contributed by atoms with E-state index >= 15 is 0 Å². The van der Waals surface area contributed by atoms with E-state index in [1.165, 1.54) is 47.8 Å². The number of hydrogen-bond acceptors (Lipinski definition) is 0. The Kier molecular flexibility index (Phi) is 8.55. The summed E-state index contributed by atoms with van der Waals surface area (Å²) in [5, 5.41) is 4.51. The van der Waals surface area contributed by atoms with Crippen LogP contribution in [0.3, 0.4) is 0 Å². The molecule has 0 heterocycles. The minimum absolute atomic E-state index is 0. The Morgan fingerprint density at radius 3 is 1.27 bits per heavy atom. The Morgan fingerprint density at radius 2 is 0.923 bits per heavy atom. The molecule has 0 saturated heterocycles. The first kappa shape index (κ1) is 20.9. The topological polar surface area (TPSA) is 0 Å². The molecule has 0 radical (unpaired) electrons. The summed E-state index contributed by atoms with van der Waals surface area (Å²) in [5.74, 6) is 0. The Morgan fingerprint density at radius 1 is 0.538 bits per heavy atom. The molecule has 3 rings (SSSR count). The summed E-state index contributed by atoms with van der Waals surface area (Å²) in [6.07, 6.45) is 6.49. The monoisotopic (exact) mass is 426 g/mol. The van der Waals surface area contributed by atoms with Gasteiger partial charge in [0.25, 0.3) is 0 Å². The molecule has 3 aromatic rings. The third-order valence-electron chi connectivity index (χ3n) is 4.94. The van der Waals surface area contributed by atoms with Crippen molar-refractivity contribution in [3.63, 3.8) is 0 Å².